The van der Waals surface area contributed by atoms with E-state index in [9.17, 15) is 0 Å². The van der Waals surface area contributed by atoms with E-state index in [0.717, 1.165) is 13.1 Å². The quantitative estimate of drug-likeness (QED) is 0.341. The Morgan fingerprint density at radius 2 is 2.57 bits per heavy atom. The molecule has 0 fully saturated rings. The molecule has 0 radical (unpaired) electrons. The standard InChI is InChI=1S/C3H5ClN2.Mg.2H/c4-6-2-1-5-3-6;;;/h3H,1-2H2;;;/q;+2;2*-1. The van der Waals surface area contributed by atoms with E-state index >= 15 is 0 Å². The van der Waals surface area contributed by atoms with Crippen LogP contribution >= 0.6 is 11.8 Å². The molecule has 0 saturated carbocycles. The predicted octanol–water partition coefficient (Wildman–Crippen LogP) is 0.328. The molecule has 0 spiro atoms. The van der Waals surface area contributed by atoms with Crippen LogP contribution in [0, 0.1) is 0 Å². The molecule has 0 saturated heterocycles. The molecule has 0 bridgehead atoms. The van der Waals surface area contributed by atoms with Crippen molar-refractivity contribution in [2.24, 2.45) is 4.99 Å². The first kappa shape index (κ1) is 7.53. The Bertz CT molecular complexity index is 82.2. The van der Waals surface area contributed by atoms with Gasteiger partial charge in [0, 0.05) is 11.8 Å². The van der Waals surface area contributed by atoms with Crippen molar-refractivity contribution >= 4 is 41.2 Å². The van der Waals surface area contributed by atoms with E-state index in [1.165, 1.54) is 0 Å². The van der Waals surface area contributed by atoms with Gasteiger partial charge in [0.15, 0.2) is 0 Å². The fourth-order valence-electron chi connectivity index (χ4n) is 0.357. The largest absolute Gasteiger partial charge is 2.00 e. The van der Waals surface area contributed by atoms with E-state index in [4.69, 9.17) is 11.8 Å². The third-order valence-corrected chi connectivity index (χ3v) is 0.906. The molecule has 0 aliphatic carbocycles. The Balaban J connectivity index is -0.000000120. The van der Waals surface area contributed by atoms with Crippen molar-refractivity contribution in [2.75, 3.05) is 13.1 Å². The first-order valence-corrected chi connectivity index (χ1v) is 2.16. The minimum atomic E-state index is 0. The van der Waals surface area contributed by atoms with Crippen LogP contribution in [0.5, 0.6) is 0 Å². The second kappa shape index (κ2) is 3.52. The second-order valence-electron chi connectivity index (χ2n) is 1.14. The summed E-state index contributed by atoms with van der Waals surface area (Å²) in [4.78, 5) is 3.83. The summed E-state index contributed by atoms with van der Waals surface area (Å²) in [6.07, 6.45) is 1.63. The first-order valence-electron chi connectivity index (χ1n) is 1.82. The third kappa shape index (κ3) is 2.36. The molecule has 38 valence electrons. The minimum Gasteiger partial charge on any atom is -1.00 e. The van der Waals surface area contributed by atoms with Crippen molar-refractivity contribution in [2.45, 2.75) is 0 Å². The summed E-state index contributed by atoms with van der Waals surface area (Å²) in [6.45, 7) is 1.71. The zero-order valence-corrected chi connectivity index (χ0v) is 6.14. The van der Waals surface area contributed by atoms with Gasteiger partial charge < -0.3 is 2.85 Å². The Hall–Kier alpha value is 0.526. The Morgan fingerprint density at radius 1 is 1.86 bits per heavy atom. The molecule has 0 aromatic rings. The summed E-state index contributed by atoms with van der Waals surface area (Å²) < 4.78 is 1.54. The number of halogens is 1. The van der Waals surface area contributed by atoms with Gasteiger partial charge in [0.2, 0.25) is 0 Å². The fourth-order valence-corrected chi connectivity index (χ4v) is 0.495. The van der Waals surface area contributed by atoms with Gasteiger partial charge in [-0.1, -0.05) is 0 Å². The van der Waals surface area contributed by atoms with Gasteiger partial charge in [-0.2, -0.15) is 0 Å². The molecule has 0 unspecified atom stereocenters. The van der Waals surface area contributed by atoms with Gasteiger partial charge in [-0.05, 0) is 0 Å². The average Bonchev–Trinajstić information content (AvgIpc) is 1.86. The van der Waals surface area contributed by atoms with E-state index in [1.54, 1.807) is 10.8 Å². The monoisotopic (exact) mass is 130 g/mol. The second-order valence-corrected chi connectivity index (χ2v) is 1.58. The topological polar surface area (TPSA) is 15.6 Å². The number of aliphatic imine (C=N–C) groups is 1. The van der Waals surface area contributed by atoms with Gasteiger partial charge in [-0.15, -0.1) is 0 Å². The molecular weight excluding hydrogens is 124 g/mol. The maximum absolute atomic E-state index is 5.40. The van der Waals surface area contributed by atoms with Crippen molar-refractivity contribution < 1.29 is 2.85 Å². The predicted molar refractivity (Wildman–Crippen MR) is 33.9 cm³/mol. The maximum Gasteiger partial charge on any atom is 2.00 e. The van der Waals surface area contributed by atoms with E-state index in [1.807, 2.05) is 0 Å². The van der Waals surface area contributed by atoms with Crippen LogP contribution in [-0.4, -0.2) is 46.9 Å². The molecule has 2 nitrogen and oxygen atoms in total. The van der Waals surface area contributed by atoms with Crippen LogP contribution in [0.3, 0.4) is 0 Å². The van der Waals surface area contributed by atoms with Crippen LogP contribution in [-0.2, 0) is 0 Å². The van der Waals surface area contributed by atoms with Crippen LogP contribution in [0.15, 0.2) is 4.99 Å². The Labute approximate surface area is 66.8 Å². The molecule has 0 amide bonds. The molecule has 4 heteroatoms. The Morgan fingerprint density at radius 3 is 2.71 bits per heavy atom. The molecule has 0 aromatic heterocycles. The summed E-state index contributed by atoms with van der Waals surface area (Å²) in [5.41, 5.74) is 0. The van der Waals surface area contributed by atoms with Crippen LogP contribution in [0.25, 0.3) is 0 Å². The zero-order chi connectivity index (χ0) is 4.41. The van der Waals surface area contributed by atoms with Crippen LogP contribution < -0.4 is 0 Å². The van der Waals surface area contributed by atoms with Crippen molar-refractivity contribution in [3.8, 4) is 0 Å². The first-order chi connectivity index (χ1) is 2.89. The minimum absolute atomic E-state index is 0. The van der Waals surface area contributed by atoms with Crippen molar-refractivity contribution in [3.63, 3.8) is 0 Å². The molecule has 0 N–H and O–H groups in total. The van der Waals surface area contributed by atoms with Crippen molar-refractivity contribution in [1.29, 1.82) is 0 Å². The number of hydrogen-bond donors (Lipinski definition) is 0. The summed E-state index contributed by atoms with van der Waals surface area (Å²) in [5, 5.41) is 0. The van der Waals surface area contributed by atoms with Crippen molar-refractivity contribution in [3.05, 3.63) is 0 Å². The van der Waals surface area contributed by atoms with E-state index in [0.29, 0.717) is 0 Å². The van der Waals surface area contributed by atoms with Gasteiger partial charge >= 0.3 is 23.1 Å². The molecule has 1 aliphatic rings. The van der Waals surface area contributed by atoms with E-state index in [2.05, 4.69) is 4.99 Å². The molecule has 1 rings (SSSR count). The summed E-state index contributed by atoms with van der Waals surface area (Å²) >= 11 is 5.40. The molecule has 0 atom stereocenters. The molecule has 7 heavy (non-hydrogen) atoms. The number of nitrogens with zero attached hydrogens (tertiary/aromatic N) is 2. The van der Waals surface area contributed by atoms with Crippen LogP contribution in [0.1, 0.15) is 2.85 Å². The SMILES string of the molecule is ClN1C=NCC1.[H-].[H-].[Mg+2]. The normalized spacial score (nSPS) is 17.0. The van der Waals surface area contributed by atoms with E-state index in [-0.39, 0.29) is 25.9 Å². The number of hydrogen-bond acceptors (Lipinski definition) is 2. The van der Waals surface area contributed by atoms with Crippen LogP contribution in [0.2, 0.25) is 0 Å². The van der Waals surface area contributed by atoms with E-state index < -0.39 is 0 Å². The maximum atomic E-state index is 5.40. The average molecular weight is 131 g/mol. The smallest absolute Gasteiger partial charge is 1.00 e. The third-order valence-electron chi connectivity index (χ3n) is 0.650. The summed E-state index contributed by atoms with van der Waals surface area (Å²) in [7, 11) is 0. The molecule has 1 aliphatic heterocycles. The molecule has 0 aromatic carbocycles. The van der Waals surface area contributed by atoms with Gasteiger partial charge in [0.05, 0.1) is 19.4 Å². The van der Waals surface area contributed by atoms with Gasteiger partial charge in [0.25, 0.3) is 0 Å². The summed E-state index contributed by atoms with van der Waals surface area (Å²) in [5.74, 6) is 0. The molecule has 1 heterocycles. The van der Waals surface area contributed by atoms with Gasteiger partial charge in [-0.25, -0.2) is 0 Å². The van der Waals surface area contributed by atoms with Gasteiger partial charge in [0.1, 0.15) is 0 Å². The van der Waals surface area contributed by atoms with Crippen molar-refractivity contribution in [1.82, 2.24) is 4.42 Å². The van der Waals surface area contributed by atoms with Crippen LogP contribution in [0.4, 0.5) is 0 Å². The Kier molecular flexibility index (Phi) is 3.78. The number of rotatable bonds is 0. The fraction of sp³-hybridized carbons (Fsp3) is 0.667. The zero-order valence-electron chi connectivity index (χ0n) is 5.97. The summed E-state index contributed by atoms with van der Waals surface area (Å²) in [6, 6.07) is 0. The van der Waals surface area contributed by atoms with Gasteiger partial charge in [-0.3, -0.25) is 9.41 Å². The molecular formula is C3H7ClMgN2.